The summed E-state index contributed by atoms with van der Waals surface area (Å²) in [4.78, 5) is 26.4. The van der Waals surface area contributed by atoms with E-state index in [-0.39, 0.29) is 11.8 Å². The third-order valence-corrected chi connectivity index (χ3v) is 5.69. The summed E-state index contributed by atoms with van der Waals surface area (Å²) >= 11 is 0. The van der Waals surface area contributed by atoms with Crippen molar-refractivity contribution in [2.24, 2.45) is 11.7 Å². The maximum Gasteiger partial charge on any atom is 0.223 e. The number of hydrogen-bond donors (Lipinski definition) is 3. The Bertz CT molecular complexity index is 783. The summed E-state index contributed by atoms with van der Waals surface area (Å²) in [5, 5.41) is 4.15. The van der Waals surface area contributed by atoms with Gasteiger partial charge in [0, 0.05) is 31.7 Å². The highest BCUT2D eigenvalue weighted by atomic mass is 16.1. The van der Waals surface area contributed by atoms with Gasteiger partial charge in [0.2, 0.25) is 5.91 Å². The number of nitrogens with two attached hydrogens (primary N) is 1. The van der Waals surface area contributed by atoms with Crippen LogP contribution in [0.4, 0.5) is 5.82 Å². The molecule has 0 aromatic carbocycles. The van der Waals surface area contributed by atoms with E-state index in [0.29, 0.717) is 13.1 Å². The van der Waals surface area contributed by atoms with Crippen LogP contribution >= 0.6 is 0 Å². The monoisotopic (exact) mass is 342 g/mol. The SMILES string of the molecule is CCc1c[nH]c2ncnc(N3CC[C@](N)(CNC(=O)C4CCC4)C3)c12. The van der Waals surface area contributed by atoms with Crippen LogP contribution in [0.15, 0.2) is 12.5 Å². The summed E-state index contributed by atoms with van der Waals surface area (Å²) in [5.41, 5.74) is 8.26. The van der Waals surface area contributed by atoms with Crippen LogP contribution in [-0.4, -0.2) is 46.0 Å². The van der Waals surface area contributed by atoms with Crippen molar-refractivity contribution in [2.75, 3.05) is 24.5 Å². The van der Waals surface area contributed by atoms with Crippen LogP contribution in [0.25, 0.3) is 11.0 Å². The number of carbonyl (C=O) groups is 1. The summed E-state index contributed by atoms with van der Waals surface area (Å²) in [7, 11) is 0. The molecule has 1 aliphatic heterocycles. The predicted molar refractivity (Wildman–Crippen MR) is 97.4 cm³/mol. The number of rotatable bonds is 5. The van der Waals surface area contributed by atoms with Gasteiger partial charge < -0.3 is 20.9 Å². The zero-order valence-corrected chi connectivity index (χ0v) is 14.7. The first-order chi connectivity index (χ1) is 12.1. The topological polar surface area (TPSA) is 99.9 Å². The lowest BCUT2D eigenvalue weighted by atomic mass is 9.84. The number of aryl methyl sites for hydroxylation is 1. The number of anilines is 1. The molecule has 134 valence electrons. The molecular weight excluding hydrogens is 316 g/mol. The van der Waals surface area contributed by atoms with Gasteiger partial charge in [-0.15, -0.1) is 0 Å². The van der Waals surface area contributed by atoms with Crippen molar-refractivity contribution >= 4 is 22.8 Å². The van der Waals surface area contributed by atoms with Crippen molar-refractivity contribution in [3.63, 3.8) is 0 Å². The van der Waals surface area contributed by atoms with Gasteiger partial charge in [0.15, 0.2) is 0 Å². The Labute approximate surface area is 147 Å². The molecule has 3 heterocycles. The van der Waals surface area contributed by atoms with E-state index in [2.05, 4.69) is 32.1 Å². The van der Waals surface area contributed by atoms with Gasteiger partial charge in [-0.25, -0.2) is 9.97 Å². The van der Waals surface area contributed by atoms with Crippen LogP contribution in [0.1, 0.15) is 38.2 Å². The van der Waals surface area contributed by atoms with E-state index >= 15 is 0 Å². The molecule has 1 saturated carbocycles. The van der Waals surface area contributed by atoms with Crippen molar-refractivity contribution in [2.45, 2.75) is 44.6 Å². The van der Waals surface area contributed by atoms with E-state index in [4.69, 9.17) is 5.73 Å². The van der Waals surface area contributed by atoms with Gasteiger partial charge in [0.1, 0.15) is 17.8 Å². The second kappa shape index (κ2) is 6.29. The van der Waals surface area contributed by atoms with Gasteiger partial charge in [-0.3, -0.25) is 4.79 Å². The number of hydrogen-bond acceptors (Lipinski definition) is 5. The number of carbonyl (C=O) groups excluding carboxylic acids is 1. The van der Waals surface area contributed by atoms with Crippen LogP contribution in [0.2, 0.25) is 0 Å². The molecule has 1 saturated heterocycles. The molecule has 1 aliphatic carbocycles. The van der Waals surface area contributed by atoms with Crippen LogP contribution in [0, 0.1) is 5.92 Å². The summed E-state index contributed by atoms with van der Waals surface area (Å²) < 4.78 is 0. The Kier molecular flexibility index (Phi) is 4.11. The average molecular weight is 342 g/mol. The van der Waals surface area contributed by atoms with E-state index in [9.17, 15) is 4.79 Å². The summed E-state index contributed by atoms with van der Waals surface area (Å²) in [6, 6.07) is 0. The van der Waals surface area contributed by atoms with Crippen molar-refractivity contribution in [1.82, 2.24) is 20.3 Å². The quantitative estimate of drug-likeness (QED) is 0.761. The first kappa shape index (κ1) is 16.3. The molecule has 1 atom stereocenters. The lowest BCUT2D eigenvalue weighted by Gasteiger charge is -2.29. The van der Waals surface area contributed by atoms with Crippen molar-refractivity contribution < 1.29 is 4.79 Å². The maximum absolute atomic E-state index is 12.1. The Morgan fingerprint density at radius 1 is 1.48 bits per heavy atom. The largest absolute Gasteiger partial charge is 0.354 e. The summed E-state index contributed by atoms with van der Waals surface area (Å²) in [6.45, 7) is 4.20. The minimum Gasteiger partial charge on any atom is -0.354 e. The summed E-state index contributed by atoms with van der Waals surface area (Å²) in [5.74, 6) is 1.31. The fraction of sp³-hybridized carbons (Fsp3) is 0.611. The first-order valence-electron chi connectivity index (χ1n) is 9.22. The molecule has 0 unspecified atom stereocenters. The highest BCUT2D eigenvalue weighted by molar-refractivity contribution is 5.91. The van der Waals surface area contributed by atoms with Gasteiger partial charge in [-0.05, 0) is 31.2 Å². The smallest absolute Gasteiger partial charge is 0.223 e. The van der Waals surface area contributed by atoms with Gasteiger partial charge in [-0.2, -0.15) is 0 Å². The number of amides is 1. The Morgan fingerprint density at radius 2 is 2.32 bits per heavy atom. The van der Waals surface area contributed by atoms with Gasteiger partial charge in [-0.1, -0.05) is 13.3 Å². The molecular formula is C18H26N6O. The zero-order valence-electron chi connectivity index (χ0n) is 14.7. The second-order valence-corrected chi connectivity index (χ2v) is 7.47. The lowest BCUT2D eigenvalue weighted by molar-refractivity contribution is -0.127. The molecule has 4 N–H and O–H groups in total. The van der Waals surface area contributed by atoms with E-state index < -0.39 is 5.54 Å². The number of aromatic amines is 1. The van der Waals surface area contributed by atoms with E-state index in [1.54, 1.807) is 6.33 Å². The Hall–Kier alpha value is -2.15. The zero-order chi connectivity index (χ0) is 17.4. The van der Waals surface area contributed by atoms with Gasteiger partial charge in [0.05, 0.1) is 10.9 Å². The van der Waals surface area contributed by atoms with Crippen molar-refractivity contribution in [3.05, 3.63) is 18.1 Å². The predicted octanol–water partition coefficient (Wildman–Crippen LogP) is 1.34. The molecule has 7 heteroatoms. The average Bonchev–Trinajstić information content (AvgIpc) is 3.15. The molecule has 1 amide bonds. The second-order valence-electron chi connectivity index (χ2n) is 7.47. The number of aromatic nitrogens is 3. The minimum atomic E-state index is -0.403. The lowest BCUT2D eigenvalue weighted by Crippen LogP contribution is -2.53. The fourth-order valence-electron chi connectivity index (χ4n) is 3.83. The standard InChI is InChI=1S/C18H26N6O/c1-2-12-8-20-15-14(12)16(23-11-22-15)24-7-6-18(19,10-24)9-21-17(25)13-4-3-5-13/h8,11,13H,2-7,9-10,19H2,1H3,(H,21,25)(H,20,22,23)/t18-/m0/s1. The maximum atomic E-state index is 12.1. The fourth-order valence-corrected chi connectivity index (χ4v) is 3.83. The molecule has 2 aromatic rings. The highest BCUT2D eigenvalue weighted by Gasteiger charge is 2.37. The van der Waals surface area contributed by atoms with Crippen LogP contribution in [0.3, 0.4) is 0 Å². The highest BCUT2D eigenvalue weighted by Crippen LogP contribution is 2.31. The van der Waals surface area contributed by atoms with E-state index in [1.807, 2.05) is 6.20 Å². The molecule has 25 heavy (non-hydrogen) atoms. The van der Waals surface area contributed by atoms with Gasteiger partial charge in [0.25, 0.3) is 0 Å². The number of H-pyrrole nitrogens is 1. The molecule has 7 nitrogen and oxygen atoms in total. The Morgan fingerprint density at radius 3 is 3.04 bits per heavy atom. The normalized spacial score (nSPS) is 23.8. The Balaban J connectivity index is 1.48. The van der Waals surface area contributed by atoms with Crippen LogP contribution in [0.5, 0.6) is 0 Å². The van der Waals surface area contributed by atoms with E-state index in [0.717, 1.165) is 49.1 Å². The third kappa shape index (κ3) is 2.97. The molecule has 0 bridgehead atoms. The number of nitrogens with one attached hydrogen (secondary N) is 2. The van der Waals surface area contributed by atoms with Crippen LogP contribution < -0.4 is 16.0 Å². The first-order valence-corrected chi connectivity index (χ1v) is 9.22. The van der Waals surface area contributed by atoms with Crippen molar-refractivity contribution in [3.8, 4) is 0 Å². The molecule has 2 aromatic heterocycles. The van der Waals surface area contributed by atoms with Crippen molar-refractivity contribution in [1.29, 1.82) is 0 Å². The summed E-state index contributed by atoms with van der Waals surface area (Å²) in [6.07, 6.45) is 8.58. The third-order valence-electron chi connectivity index (χ3n) is 5.69. The molecule has 2 aliphatic rings. The van der Waals surface area contributed by atoms with Crippen LogP contribution in [-0.2, 0) is 11.2 Å². The van der Waals surface area contributed by atoms with E-state index in [1.165, 1.54) is 12.0 Å². The number of fused-ring (bicyclic) bond motifs is 1. The minimum absolute atomic E-state index is 0.165. The number of nitrogens with zero attached hydrogens (tertiary/aromatic N) is 3. The molecule has 4 rings (SSSR count). The molecule has 2 fully saturated rings. The molecule has 0 spiro atoms. The van der Waals surface area contributed by atoms with Gasteiger partial charge >= 0.3 is 0 Å². The molecule has 0 radical (unpaired) electrons.